The number of carbonyl (C=O) groups is 1. The highest BCUT2D eigenvalue weighted by molar-refractivity contribution is 9.10. The van der Waals surface area contributed by atoms with Crippen LogP contribution in [0, 0.1) is 0 Å². The fourth-order valence-corrected chi connectivity index (χ4v) is 3.94. The SMILES string of the molecule is CON(C)S(=O)(=O)c1ccc(Br)c(C(=O)N2CCCCCC2)c1. The Morgan fingerprint density at radius 1 is 1.22 bits per heavy atom. The average molecular weight is 405 g/mol. The predicted octanol–water partition coefficient (Wildman–Crippen LogP) is 2.65. The molecule has 0 N–H and O–H groups in total. The Kier molecular flexibility index (Phi) is 6.19. The lowest BCUT2D eigenvalue weighted by atomic mass is 10.2. The molecule has 1 amide bonds. The highest BCUT2D eigenvalue weighted by Crippen LogP contribution is 2.25. The molecule has 6 nitrogen and oxygen atoms in total. The summed E-state index contributed by atoms with van der Waals surface area (Å²) in [5.74, 6) is -0.143. The summed E-state index contributed by atoms with van der Waals surface area (Å²) in [4.78, 5) is 19.3. The van der Waals surface area contributed by atoms with Crippen LogP contribution < -0.4 is 0 Å². The van der Waals surface area contributed by atoms with E-state index in [1.54, 1.807) is 11.0 Å². The maximum Gasteiger partial charge on any atom is 0.264 e. The molecule has 128 valence electrons. The van der Waals surface area contributed by atoms with E-state index in [9.17, 15) is 13.2 Å². The molecule has 1 aromatic carbocycles. The van der Waals surface area contributed by atoms with Crippen molar-refractivity contribution in [2.75, 3.05) is 27.2 Å². The van der Waals surface area contributed by atoms with Gasteiger partial charge in [-0.2, -0.15) is 0 Å². The summed E-state index contributed by atoms with van der Waals surface area (Å²) < 4.78 is 26.0. The molecule has 0 radical (unpaired) electrons. The van der Waals surface area contributed by atoms with E-state index in [4.69, 9.17) is 4.84 Å². The van der Waals surface area contributed by atoms with Crippen molar-refractivity contribution in [3.8, 4) is 0 Å². The smallest absolute Gasteiger partial charge is 0.264 e. The second-order valence-corrected chi connectivity index (χ2v) is 8.24. The molecule has 1 saturated heterocycles. The van der Waals surface area contributed by atoms with Gasteiger partial charge in [-0.25, -0.2) is 8.42 Å². The van der Waals surface area contributed by atoms with Crippen molar-refractivity contribution in [1.82, 2.24) is 9.37 Å². The molecule has 1 fully saturated rings. The monoisotopic (exact) mass is 404 g/mol. The minimum atomic E-state index is -3.78. The third-order valence-corrected chi connectivity index (χ3v) is 6.32. The first-order chi connectivity index (χ1) is 10.9. The highest BCUT2D eigenvalue weighted by atomic mass is 79.9. The van der Waals surface area contributed by atoms with Crippen LogP contribution in [0.3, 0.4) is 0 Å². The van der Waals surface area contributed by atoms with Gasteiger partial charge in [0.1, 0.15) is 0 Å². The van der Waals surface area contributed by atoms with Crippen LogP contribution in [-0.2, 0) is 14.9 Å². The van der Waals surface area contributed by atoms with E-state index in [1.807, 2.05) is 0 Å². The number of rotatable bonds is 4. The lowest BCUT2D eigenvalue weighted by Gasteiger charge is -2.21. The molecular formula is C15H21BrN2O4S. The molecule has 0 unspecified atom stereocenters. The van der Waals surface area contributed by atoms with Gasteiger partial charge in [-0.3, -0.25) is 9.63 Å². The molecule has 8 heteroatoms. The molecule has 23 heavy (non-hydrogen) atoms. The molecule has 0 atom stereocenters. The molecule has 1 aromatic rings. The summed E-state index contributed by atoms with van der Waals surface area (Å²) in [5.41, 5.74) is 0.359. The Labute approximate surface area is 145 Å². The normalized spacial score (nSPS) is 16.4. The Hall–Kier alpha value is -0.960. The maximum absolute atomic E-state index is 12.7. The number of nitrogens with zero attached hydrogens (tertiary/aromatic N) is 2. The van der Waals surface area contributed by atoms with Crippen LogP contribution in [0.15, 0.2) is 27.6 Å². The van der Waals surface area contributed by atoms with Crippen LogP contribution in [0.25, 0.3) is 0 Å². The summed E-state index contributed by atoms with van der Waals surface area (Å²) in [6.07, 6.45) is 4.21. The van der Waals surface area contributed by atoms with Crippen molar-refractivity contribution >= 4 is 31.9 Å². The predicted molar refractivity (Wildman–Crippen MR) is 90.5 cm³/mol. The molecule has 1 aliphatic rings. The van der Waals surface area contributed by atoms with Crippen molar-refractivity contribution in [1.29, 1.82) is 0 Å². The number of amides is 1. The van der Waals surface area contributed by atoms with Crippen LogP contribution in [0.4, 0.5) is 0 Å². The molecule has 0 bridgehead atoms. The summed E-state index contributed by atoms with van der Waals surface area (Å²) in [5, 5.41) is 0. The molecule has 0 aliphatic carbocycles. The molecule has 0 saturated carbocycles. The number of sulfonamides is 1. The Morgan fingerprint density at radius 3 is 2.39 bits per heavy atom. The number of hydrogen-bond donors (Lipinski definition) is 0. The van der Waals surface area contributed by atoms with Crippen molar-refractivity contribution in [3.05, 3.63) is 28.2 Å². The van der Waals surface area contributed by atoms with Crippen LogP contribution in [0.2, 0.25) is 0 Å². The van der Waals surface area contributed by atoms with Gasteiger partial charge < -0.3 is 4.90 Å². The summed E-state index contributed by atoms with van der Waals surface area (Å²) in [7, 11) is -1.19. The third-order valence-electron chi connectivity index (χ3n) is 3.95. The van der Waals surface area contributed by atoms with Crippen molar-refractivity contribution in [2.24, 2.45) is 0 Å². The van der Waals surface area contributed by atoms with E-state index < -0.39 is 10.0 Å². The zero-order chi connectivity index (χ0) is 17.0. The fourth-order valence-electron chi connectivity index (χ4n) is 2.52. The summed E-state index contributed by atoms with van der Waals surface area (Å²) in [6.45, 7) is 1.42. The Bertz CT molecular complexity index is 670. The van der Waals surface area contributed by atoms with Gasteiger partial charge in [0.15, 0.2) is 0 Å². The van der Waals surface area contributed by atoms with Gasteiger partial charge in [-0.15, -0.1) is 0 Å². The van der Waals surface area contributed by atoms with Gasteiger partial charge in [0, 0.05) is 24.6 Å². The van der Waals surface area contributed by atoms with E-state index in [-0.39, 0.29) is 10.8 Å². The lowest BCUT2D eigenvalue weighted by Crippen LogP contribution is -2.32. The van der Waals surface area contributed by atoms with E-state index in [0.717, 1.165) is 30.2 Å². The Morgan fingerprint density at radius 2 is 1.83 bits per heavy atom. The standard InChI is InChI=1S/C15H21BrN2O4S/c1-17(22-2)23(20,21)12-7-8-14(16)13(11-12)15(19)18-9-5-3-4-6-10-18/h7-8,11H,3-6,9-10H2,1-2H3. The van der Waals surface area contributed by atoms with E-state index in [0.29, 0.717) is 23.1 Å². The zero-order valence-corrected chi connectivity index (χ0v) is 15.7. The van der Waals surface area contributed by atoms with Crippen molar-refractivity contribution in [3.63, 3.8) is 0 Å². The van der Waals surface area contributed by atoms with Crippen LogP contribution in [0.5, 0.6) is 0 Å². The van der Waals surface area contributed by atoms with Crippen molar-refractivity contribution < 1.29 is 18.0 Å². The topological polar surface area (TPSA) is 66.9 Å². The molecule has 1 heterocycles. The number of likely N-dealkylation sites (tertiary alicyclic amines) is 1. The molecule has 0 aromatic heterocycles. The summed E-state index contributed by atoms with van der Waals surface area (Å²) >= 11 is 3.35. The van der Waals surface area contributed by atoms with E-state index in [2.05, 4.69) is 15.9 Å². The number of carbonyl (C=O) groups excluding carboxylic acids is 1. The van der Waals surface area contributed by atoms with Crippen LogP contribution in [0.1, 0.15) is 36.0 Å². The number of benzene rings is 1. The Balaban J connectivity index is 2.35. The largest absolute Gasteiger partial charge is 0.339 e. The highest BCUT2D eigenvalue weighted by Gasteiger charge is 2.25. The van der Waals surface area contributed by atoms with Gasteiger partial charge in [0.05, 0.1) is 17.6 Å². The van der Waals surface area contributed by atoms with Crippen LogP contribution in [-0.4, -0.2) is 50.9 Å². The molecule has 1 aliphatic heterocycles. The second-order valence-electron chi connectivity index (χ2n) is 5.45. The maximum atomic E-state index is 12.7. The zero-order valence-electron chi connectivity index (χ0n) is 13.3. The second kappa shape index (κ2) is 7.74. The molecular weight excluding hydrogens is 384 g/mol. The lowest BCUT2D eigenvalue weighted by molar-refractivity contribution is -0.0258. The first kappa shape index (κ1) is 18.4. The molecule has 0 spiro atoms. The van der Waals surface area contributed by atoms with Gasteiger partial charge in [0.25, 0.3) is 15.9 Å². The number of halogens is 1. The third kappa shape index (κ3) is 4.12. The van der Waals surface area contributed by atoms with Crippen LogP contribution >= 0.6 is 15.9 Å². The number of hydrogen-bond acceptors (Lipinski definition) is 4. The van der Waals surface area contributed by atoms with Gasteiger partial charge in [-0.1, -0.05) is 17.3 Å². The fraction of sp³-hybridized carbons (Fsp3) is 0.533. The first-order valence-electron chi connectivity index (χ1n) is 7.50. The first-order valence-corrected chi connectivity index (χ1v) is 9.73. The average Bonchev–Trinajstić information content (AvgIpc) is 2.82. The van der Waals surface area contributed by atoms with Gasteiger partial charge in [0.2, 0.25) is 0 Å². The minimum Gasteiger partial charge on any atom is -0.339 e. The number of hydroxylamine groups is 1. The minimum absolute atomic E-state index is 0.0308. The van der Waals surface area contributed by atoms with Gasteiger partial charge >= 0.3 is 0 Å². The van der Waals surface area contributed by atoms with E-state index >= 15 is 0 Å². The summed E-state index contributed by atoms with van der Waals surface area (Å²) in [6, 6.07) is 4.44. The van der Waals surface area contributed by atoms with Crippen molar-refractivity contribution in [2.45, 2.75) is 30.6 Å². The molecule has 2 rings (SSSR count). The van der Waals surface area contributed by atoms with E-state index in [1.165, 1.54) is 26.3 Å². The van der Waals surface area contributed by atoms with Gasteiger partial charge in [-0.05, 0) is 47.0 Å². The quantitative estimate of drug-likeness (QED) is 0.723.